The van der Waals surface area contributed by atoms with Crippen LogP contribution >= 0.6 is 11.6 Å². The predicted octanol–water partition coefficient (Wildman–Crippen LogP) is 5.91. The first-order chi connectivity index (χ1) is 17.7. The highest BCUT2D eigenvalue weighted by molar-refractivity contribution is 6.30. The van der Waals surface area contributed by atoms with Gasteiger partial charge in [-0.3, -0.25) is 4.57 Å². The van der Waals surface area contributed by atoms with Crippen LogP contribution in [0.2, 0.25) is 5.15 Å². The van der Waals surface area contributed by atoms with Gasteiger partial charge in [-0.1, -0.05) is 97.4 Å². The SMILES string of the molecule is CCCc1nc(Cl)c(OC)n1Cc1ccc(-c2ccccc2-c2nnnn2Cc2ccccc2)cc1. The van der Waals surface area contributed by atoms with Crippen LogP contribution in [0.1, 0.15) is 30.3 Å². The fourth-order valence-electron chi connectivity index (χ4n) is 4.38. The number of methoxy groups -OCH3 is 1. The predicted molar refractivity (Wildman–Crippen MR) is 141 cm³/mol. The third kappa shape index (κ3) is 4.88. The third-order valence-electron chi connectivity index (χ3n) is 6.11. The average molecular weight is 499 g/mol. The van der Waals surface area contributed by atoms with E-state index in [9.17, 15) is 0 Å². The Morgan fingerprint density at radius 3 is 2.25 bits per heavy atom. The van der Waals surface area contributed by atoms with E-state index in [1.165, 1.54) is 0 Å². The summed E-state index contributed by atoms with van der Waals surface area (Å²) in [6.07, 6.45) is 1.82. The van der Waals surface area contributed by atoms with Crippen LogP contribution in [-0.4, -0.2) is 36.9 Å². The number of hydrogen-bond donors (Lipinski definition) is 0. The first-order valence-electron chi connectivity index (χ1n) is 12.0. The van der Waals surface area contributed by atoms with Gasteiger partial charge in [0.2, 0.25) is 5.88 Å². The van der Waals surface area contributed by atoms with Gasteiger partial charge in [0.1, 0.15) is 5.82 Å². The number of benzene rings is 3. The quantitative estimate of drug-likeness (QED) is 0.252. The van der Waals surface area contributed by atoms with Crippen molar-refractivity contribution in [3.05, 3.63) is 101 Å². The molecule has 0 saturated carbocycles. The van der Waals surface area contributed by atoms with Crippen molar-refractivity contribution in [1.29, 1.82) is 0 Å². The van der Waals surface area contributed by atoms with E-state index >= 15 is 0 Å². The molecule has 2 heterocycles. The van der Waals surface area contributed by atoms with Crippen LogP contribution < -0.4 is 4.74 Å². The van der Waals surface area contributed by atoms with Crippen LogP contribution in [0.4, 0.5) is 0 Å². The van der Waals surface area contributed by atoms with Crippen molar-refractivity contribution in [2.24, 2.45) is 0 Å². The lowest BCUT2D eigenvalue weighted by atomic mass is 9.98. The molecule has 36 heavy (non-hydrogen) atoms. The highest BCUT2D eigenvalue weighted by Crippen LogP contribution is 2.32. The van der Waals surface area contributed by atoms with Crippen molar-refractivity contribution in [2.75, 3.05) is 7.11 Å². The lowest BCUT2D eigenvalue weighted by molar-refractivity contribution is 0.374. The van der Waals surface area contributed by atoms with Crippen LogP contribution in [0.5, 0.6) is 5.88 Å². The minimum Gasteiger partial charge on any atom is -0.480 e. The summed E-state index contributed by atoms with van der Waals surface area (Å²) in [5.74, 6) is 2.26. The Bertz CT molecular complexity index is 1440. The second-order valence-electron chi connectivity index (χ2n) is 8.55. The number of imidazole rings is 1. The second-order valence-corrected chi connectivity index (χ2v) is 8.91. The number of aryl methyl sites for hydroxylation is 1. The van der Waals surface area contributed by atoms with Crippen LogP contribution in [0.25, 0.3) is 22.5 Å². The fraction of sp³-hybridized carbons (Fsp3) is 0.214. The highest BCUT2D eigenvalue weighted by atomic mass is 35.5. The normalized spacial score (nSPS) is 11.1. The van der Waals surface area contributed by atoms with Crippen LogP contribution in [0.15, 0.2) is 78.9 Å². The van der Waals surface area contributed by atoms with Gasteiger partial charge < -0.3 is 4.74 Å². The van der Waals surface area contributed by atoms with Crippen molar-refractivity contribution in [3.8, 4) is 28.4 Å². The van der Waals surface area contributed by atoms with Gasteiger partial charge in [0.25, 0.3) is 0 Å². The number of rotatable bonds is 9. The zero-order chi connectivity index (χ0) is 24.9. The maximum Gasteiger partial charge on any atom is 0.233 e. The molecule has 0 spiro atoms. The maximum absolute atomic E-state index is 6.31. The van der Waals surface area contributed by atoms with E-state index in [-0.39, 0.29) is 0 Å². The Morgan fingerprint density at radius 1 is 0.833 bits per heavy atom. The molecule has 7 nitrogen and oxygen atoms in total. The van der Waals surface area contributed by atoms with Crippen molar-refractivity contribution in [1.82, 2.24) is 29.8 Å². The average Bonchev–Trinajstić information content (AvgIpc) is 3.48. The van der Waals surface area contributed by atoms with Crippen molar-refractivity contribution in [3.63, 3.8) is 0 Å². The summed E-state index contributed by atoms with van der Waals surface area (Å²) >= 11 is 6.31. The number of aromatic nitrogens is 6. The Balaban J connectivity index is 1.44. The third-order valence-corrected chi connectivity index (χ3v) is 6.35. The molecule has 5 aromatic rings. The van der Waals surface area contributed by atoms with Gasteiger partial charge in [0.05, 0.1) is 20.2 Å². The second kappa shape index (κ2) is 10.7. The fourth-order valence-corrected chi connectivity index (χ4v) is 4.66. The molecule has 0 aliphatic rings. The molecule has 8 heteroatoms. The molecule has 3 aromatic carbocycles. The molecule has 182 valence electrons. The van der Waals surface area contributed by atoms with E-state index in [0.29, 0.717) is 24.1 Å². The Labute approximate surface area is 215 Å². The molecule has 0 bridgehead atoms. The van der Waals surface area contributed by atoms with E-state index in [0.717, 1.165) is 52.3 Å². The highest BCUT2D eigenvalue weighted by Gasteiger charge is 2.17. The summed E-state index contributed by atoms with van der Waals surface area (Å²) in [6.45, 7) is 3.36. The molecule has 0 aliphatic heterocycles. The molecule has 0 amide bonds. The molecule has 0 aliphatic carbocycles. The molecule has 0 fully saturated rings. The van der Waals surface area contributed by atoms with Crippen molar-refractivity contribution >= 4 is 11.6 Å². The van der Waals surface area contributed by atoms with Gasteiger partial charge >= 0.3 is 0 Å². The van der Waals surface area contributed by atoms with Gasteiger partial charge in [-0.05, 0) is 39.1 Å². The van der Waals surface area contributed by atoms with Crippen molar-refractivity contribution in [2.45, 2.75) is 32.9 Å². The zero-order valence-corrected chi connectivity index (χ0v) is 21.1. The minimum atomic E-state index is 0.403. The first-order valence-corrected chi connectivity index (χ1v) is 12.3. The molecule has 2 aromatic heterocycles. The molecule has 0 radical (unpaired) electrons. The summed E-state index contributed by atoms with van der Waals surface area (Å²) < 4.78 is 9.41. The molecule has 0 atom stereocenters. The van der Waals surface area contributed by atoms with Gasteiger partial charge in [-0.2, -0.15) is 0 Å². The molecule has 5 rings (SSSR count). The number of hydrogen-bond acceptors (Lipinski definition) is 5. The number of halogens is 1. The summed E-state index contributed by atoms with van der Waals surface area (Å²) in [4.78, 5) is 4.49. The van der Waals surface area contributed by atoms with Crippen molar-refractivity contribution < 1.29 is 4.74 Å². The largest absolute Gasteiger partial charge is 0.480 e. The standard InChI is InChI=1S/C28H27ClN6O/c1-3-9-25-30-26(29)28(36-2)34(25)18-21-14-16-22(17-15-21)23-12-7-8-13-24(23)27-31-32-33-35(27)19-20-10-5-4-6-11-20/h4-8,10-17H,3,9,18-19H2,1-2H3. The molecular weight excluding hydrogens is 472 g/mol. The summed E-state index contributed by atoms with van der Waals surface area (Å²) in [5, 5.41) is 13.0. The van der Waals surface area contributed by atoms with Gasteiger partial charge in [0.15, 0.2) is 11.0 Å². The van der Waals surface area contributed by atoms with Crippen LogP contribution in [0, 0.1) is 0 Å². The van der Waals surface area contributed by atoms with E-state index in [1.54, 1.807) is 7.11 Å². The minimum absolute atomic E-state index is 0.403. The Hall–Kier alpha value is -3.97. The maximum atomic E-state index is 6.31. The van der Waals surface area contributed by atoms with Gasteiger partial charge in [-0.25, -0.2) is 9.67 Å². The first kappa shape index (κ1) is 23.8. The summed E-state index contributed by atoms with van der Waals surface area (Å²) in [6, 6.07) is 26.9. The van der Waals surface area contributed by atoms with Gasteiger partial charge in [0, 0.05) is 12.0 Å². The summed E-state index contributed by atoms with van der Waals surface area (Å²) in [7, 11) is 1.63. The van der Waals surface area contributed by atoms with E-state index in [2.05, 4.69) is 76.0 Å². The topological polar surface area (TPSA) is 70.7 Å². The van der Waals surface area contributed by atoms with Crippen LogP contribution in [0.3, 0.4) is 0 Å². The van der Waals surface area contributed by atoms with Gasteiger partial charge in [-0.15, -0.1) is 5.10 Å². The molecule has 0 N–H and O–H groups in total. The summed E-state index contributed by atoms with van der Waals surface area (Å²) in [5.41, 5.74) is 5.43. The number of nitrogens with zero attached hydrogens (tertiary/aromatic N) is 6. The number of ether oxygens (including phenoxy) is 1. The number of tetrazole rings is 1. The molecule has 0 saturated heterocycles. The monoisotopic (exact) mass is 498 g/mol. The smallest absolute Gasteiger partial charge is 0.233 e. The Kier molecular flexibility index (Phi) is 7.09. The van der Waals surface area contributed by atoms with E-state index in [1.807, 2.05) is 39.6 Å². The van der Waals surface area contributed by atoms with E-state index in [4.69, 9.17) is 16.3 Å². The molecule has 0 unspecified atom stereocenters. The Morgan fingerprint density at radius 2 is 1.53 bits per heavy atom. The lowest BCUT2D eigenvalue weighted by Gasteiger charge is -2.13. The molecular formula is C28H27ClN6O. The lowest BCUT2D eigenvalue weighted by Crippen LogP contribution is -2.07. The van der Waals surface area contributed by atoms with Crippen LogP contribution in [-0.2, 0) is 19.5 Å². The zero-order valence-electron chi connectivity index (χ0n) is 20.3. The van der Waals surface area contributed by atoms with E-state index < -0.39 is 0 Å².